The average molecular weight is 439 g/mol. The van der Waals surface area contributed by atoms with Gasteiger partial charge < -0.3 is 14.8 Å². The van der Waals surface area contributed by atoms with Crippen molar-refractivity contribution < 1.29 is 23.9 Å². The lowest BCUT2D eigenvalue weighted by Crippen LogP contribution is -2.43. The molecule has 1 aliphatic carbocycles. The van der Waals surface area contributed by atoms with Crippen molar-refractivity contribution in [3.8, 4) is 0 Å². The van der Waals surface area contributed by atoms with Crippen LogP contribution in [0.4, 0.5) is 0 Å². The number of hydrogen-bond acceptors (Lipinski definition) is 8. The fourth-order valence-corrected chi connectivity index (χ4v) is 5.29. The zero-order chi connectivity index (χ0) is 22.1. The third-order valence-electron chi connectivity index (χ3n) is 5.77. The van der Waals surface area contributed by atoms with E-state index in [-0.39, 0.29) is 11.7 Å². The molecule has 0 bridgehead atoms. The topological polar surface area (TPSA) is 94.6 Å². The fourth-order valence-electron chi connectivity index (χ4n) is 4.42. The Morgan fingerprint density at radius 1 is 1.16 bits per heavy atom. The molecule has 2 aliphatic rings. The molecule has 2 aromatic rings. The van der Waals surface area contributed by atoms with Crippen LogP contribution in [0.3, 0.4) is 0 Å². The molecule has 31 heavy (non-hydrogen) atoms. The SMILES string of the molecule is COC(=O)C1=C(C)NC2=C(C(=O)[C@H](C(=O)OC)[C@H](c3cccs3)C2)[C@@H]1c1ccccn1. The molecule has 8 heteroatoms. The van der Waals surface area contributed by atoms with Crippen molar-refractivity contribution in [1.82, 2.24) is 10.3 Å². The van der Waals surface area contributed by atoms with Gasteiger partial charge in [0.25, 0.3) is 0 Å². The van der Waals surface area contributed by atoms with Crippen LogP contribution < -0.4 is 5.32 Å². The van der Waals surface area contributed by atoms with Gasteiger partial charge in [0.2, 0.25) is 0 Å². The van der Waals surface area contributed by atoms with Crippen molar-refractivity contribution in [1.29, 1.82) is 0 Å². The first-order valence-corrected chi connectivity index (χ1v) is 10.7. The number of nitrogens with zero attached hydrogens (tertiary/aromatic N) is 1. The summed E-state index contributed by atoms with van der Waals surface area (Å²) >= 11 is 1.50. The number of carbonyl (C=O) groups is 3. The molecule has 0 radical (unpaired) electrons. The lowest BCUT2D eigenvalue weighted by Gasteiger charge is -2.38. The maximum Gasteiger partial charge on any atom is 0.336 e. The van der Waals surface area contributed by atoms with E-state index in [0.717, 1.165) is 4.88 Å². The van der Waals surface area contributed by atoms with E-state index < -0.39 is 23.8 Å². The maximum absolute atomic E-state index is 13.8. The van der Waals surface area contributed by atoms with Crippen LogP contribution in [0.1, 0.15) is 35.8 Å². The standard InChI is InChI=1S/C23H22N2O5S/c1-12-17(22(27)29-2)19(14-7-4-5-9-24-14)20-15(25-12)11-13(16-8-6-10-31-16)18(21(20)26)23(28)30-3/h4-10,13,18-19,25H,11H2,1-3H3/t13-,18+,19+/m0/s1. The van der Waals surface area contributed by atoms with E-state index in [1.54, 1.807) is 31.3 Å². The zero-order valence-corrected chi connectivity index (χ0v) is 18.2. The van der Waals surface area contributed by atoms with Crippen LogP contribution >= 0.6 is 11.3 Å². The first kappa shape index (κ1) is 21.0. The molecule has 0 saturated heterocycles. The lowest BCUT2D eigenvalue weighted by molar-refractivity contribution is -0.149. The number of aromatic nitrogens is 1. The van der Waals surface area contributed by atoms with Crippen LogP contribution in [-0.4, -0.2) is 36.9 Å². The van der Waals surface area contributed by atoms with Crippen LogP contribution in [0, 0.1) is 5.92 Å². The smallest absolute Gasteiger partial charge is 0.336 e. The highest BCUT2D eigenvalue weighted by atomic mass is 32.1. The number of pyridine rings is 1. The van der Waals surface area contributed by atoms with Crippen molar-refractivity contribution in [2.45, 2.75) is 25.2 Å². The van der Waals surface area contributed by atoms with Crippen molar-refractivity contribution >= 4 is 29.1 Å². The summed E-state index contributed by atoms with van der Waals surface area (Å²) in [7, 11) is 2.58. The molecule has 2 aromatic heterocycles. The van der Waals surface area contributed by atoms with Gasteiger partial charge >= 0.3 is 11.9 Å². The molecular formula is C23H22N2O5S. The van der Waals surface area contributed by atoms with Gasteiger partial charge in [-0.25, -0.2) is 4.79 Å². The number of carbonyl (C=O) groups excluding carboxylic acids is 3. The number of esters is 2. The number of hydrogen-bond donors (Lipinski definition) is 1. The third-order valence-corrected chi connectivity index (χ3v) is 6.78. The van der Waals surface area contributed by atoms with Crippen LogP contribution in [0.5, 0.6) is 0 Å². The number of nitrogens with one attached hydrogen (secondary N) is 1. The molecule has 1 N–H and O–H groups in total. The normalized spacial score (nSPS) is 23.2. The summed E-state index contributed by atoms with van der Waals surface area (Å²) in [5.74, 6) is -3.55. The van der Waals surface area contributed by atoms with Gasteiger partial charge in [0, 0.05) is 34.0 Å². The van der Waals surface area contributed by atoms with Crippen molar-refractivity contribution in [3.05, 3.63) is 75.0 Å². The predicted octanol–water partition coefficient (Wildman–Crippen LogP) is 3.08. The number of dihydropyridines is 1. The number of ketones is 1. The molecule has 0 fully saturated rings. The Labute approximate surface area is 183 Å². The number of methoxy groups -OCH3 is 2. The van der Waals surface area contributed by atoms with Crippen LogP contribution in [-0.2, 0) is 23.9 Å². The van der Waals surface area contributed by atoms with E-state index in [0.29, 0.717) is 34.7 Å². The van der Waals surface area contributed by atoms with Crippen molar-refractivity contribution in [2.75, 3.05) is 14.2 Å². The van der Waals surface area contributed by atoms with Crippen LogP contribution in [0.2, 0.25) is 0 Å². The van der Waals surface area contributed by atoms with E-state index in [4.69, 9.17) is 9.47 Å². The minimum absolute atomic E-state index is 0.312. The molecule has 7 nitrogen and oxygen atoms in total. The Morgan fingerprint density at radius 3 is 2.58 bits per heavy atom. The number of Topliss-reactive ketones (excluding diaryl/α,β-unsaturated/α-hetero) is 1. The van der Waals surface area contributed by atoms with Gasteiger partial charge in [-0.1, -0.05) is 12.1 Å². The number of ether oxygens (including phenoxy) is 2. The summed E-state index contributed by atoms with van der Waals surface area (Å²) in [6.45, 7) is 1.78. The lowest BCUT2D eigenvalue weighted by atomic mass is 9.69. The molecule has 0 amide bonds. The second kappa shape index (κ2) is 8.47. The number of allylic oxidation sites excluding steroid dienone is 3. The van der Waals surface area contributed by atoms with E-state index in [2.05, 4.69) is 10.3 Å². The van der Waals surface area contributed by atoms with Crippen molar-refractivity contribution in [2.24, 2.45) is 5.92 Å². The predicted molar refractivity (Wildman–Crippen MR) is 114 cm³/mol. The monoisotopic (exact) mass is 438 g/mol. The summed E-state index contributed by atoms with van der Waals surface area (Å²) in [5, 5.41) is 5.17. The molecule has 160 valence electrons. The van der Waals surface area contributed by atoms with Gasteiger partial charge in [0.1, 0.15) is 5.92 Å². The minimum Gasteiger partial charge on any atom is -0.468 e. The van der Waals surface area contributed by atoms with Gasteiger partial charge in [-0.05, 0) is 36.9 Å². The van der Waals surface area contributed by atoms with Gasteiger partial charge in [0.05, 0.1) is 31.4 Å². The minimum atomic E-state index is -0.993. The van der Waals surface area contributed by atoms with Crippen LogP contribution in [0.25, 0.3) is 0 Å². The third kappa shape index (κ3) is 3.57. The Balaban J connectivity index is 1.90. The summed E-state index contributed by atoms with van der Waals surface area (Å²) < 4.78 is 10.0. The highest BCUT2D eigenvalue weighted by molar-refractivity contribution is 7.10. The maximum atomic E-state index is 13.8. The first-order valence-electron chi connectivity index (χ1n) is 9.83. The van der Waals surface area contributed by atoms with Crippen molar-refractivity contribution in [3.63, 3.8) is 0 Å². The highest BCUT2D eigenvalue weighted by Gasteiger charge is 2.49. The molecule has 0 unspecified atom stereocenters. The molecular weight excluding hydrogens is 416 g/mol. The zero-order valence-electron chi connectivity index (χ0n) is 17.4. The van der Waals surface area contributed by atoms with Gasteiger partial charge in [-0.2, -0.15) is 0 Å². The van der Waals surface area contributed by atoms with E-state index in [9.17, 15) is 14.4 Å². The summed E-state index contributed by atoms with van der Waals surface area (Å²) in [5.41, 5.74) is 2.53. The van der Waals surface area contributed by atoms with E-state index >= 15 is 0 Å². The Hall–Kier alpha value is -3.26. The first-order chi connectivity index (χ1) is 15.0. The summed E-state index contributed by atoms with van der Waals surface area (Å²) in [4.78, 5) is 44.6. The molecule has 3 heterocycles. The second-order valence-corrected chi connectivity index (χ2v) is 8.41. The Kier molecular flexibility index (Phi) is 5.73. The van der Waals surface area contributed by atoms with Gasteiger partial charge in [0.15, 0.2) is 5.78 Å². The molecule has 0 spiro atoms. The largest absolute Gasteiger partial charge is 0.468 e. The molecule has 0 aromatic carbocycles. The van der Waals surface area contributed by atoms with Crippen LogP contribution in [0.15, 0.2) is 64.4 Å². The Bertz CT molecular complexity index is 1090. The van der Waals surface area contributed by atoms with Gasteiger partial charge in [-0.15, -0.1) is 11.3 Å². The fraction of sp³-hybridized carbons (Fsp3) is 0.304. The highest BCUT2D eigenvalue weighted by Crippen LogP contribution is 2.48. The number of rotatable bonds is 4. The summed E-state index contributed by atoms with van der Waals surface area (Å²) in [6, 6.07) is 9.15. The summed E-state index contributed by atoms with van der Waals surface area (Å²) in [6.07, 6.45) is 2.05. The molecule has 0 saturated carbocycles. The number of thiophene rings is 1. The van der Waals surface area contributed by atoms with E-state index in [1.807, 2.05) is 17.5 Å². The second-order valence-electron chi connectivity index (χ2n) is 7.43. The Morgan fingerprint density at radius 2 is 1.97 bits per heavy atom. The molecule has 1 aliphatic heterocycles. The average Bonchev–Trinajstić information content (AvgIpc) is 3.32. The molecule has 4 rings (SSSR count). The molecule has 3 atom stereocenters. The van der Waals surface area contributed by atoms with E-state index in [1.165, 1.54) is 25.6 Å². The quantitative estimate of drug-likeness (QED) is 0.579. The van der Waals surface area contributed by atoms with Gasteiger partial charge in [-0.3, -0.25) is 14.6 Å².